The number of hydrogen-bond acceptors (Lipinski definition) is 5. The van der Waals surface area contributed by atoms with E-state index >= 15 is 0 Å². The lowest BCUT2D eigenvalue weighted by Crippen LogP contribution is -2.53. The van der Waals surface area contributed by atoms with Crippen molar-refractivity contribution in [3.8, 4) is 5.75 Å². The van der Waals surface area contributed by atoms with E-state index in [0.29, 0.717) is 24.5 Å². The maximum Gasteiger partial charge on any atom is 0.264 e. The fourth-order valence-corrected chi connectivity index (χ4v) is 6.79. The number of nitrogens with zero attached hydrogens (tertiary/aromatic N) is 2. The van der Waals surface area contributed by atoms with E-state index in [-0.39, 0.29) is 23.4 Å². The van der Waals surface area contributed by atoms with E-state index in [4.69, 9.17) is 4.74 Å². The van der Waals surface area contributed by atoms with E-state index in [9.17, 15) is 18.0 Å². The lowest BCUT2D eigenvalue weighted by Gasteiger charge is -2.33. The minimum atomic E-state index is -4.12. The molecule has 1 unspecified atom stereocenters. The van der Waals surface area contributed by atoms with Crippen molar-refractivity contribution in [3.05, 3.63) is 90.0 Å². The molecule has 43 heavy (non-hydrogen) atoms. The third-order valence-electron chi connectivity index (χ3n) is 7.93. The van der Waals surface area contributed by atoms with E-state index in [0.717, 1.165) is 41.1 Å². The molecule has 1 saturated carbocycles. The number of ether oxygens (including phenoxy) is 1. The molecule has 1 N–H and O–H groups in total. The highest BCUT2D eigenvalue weighted by molar-refractivity contribution is 7.92. The predicted octanol–water partition coefficient (Wildman–Crippen LogP) is 5.50. The number of aryl methyl sites for hydroxylation is 1. The van der Waals surface area contributed by atoms with E-state index in [1.54, 1.807) is 55.5 Å². The molecule has 1 atom stereocenters. The number of anilines is 1. The van der Waals surface area contributed by atoms with E-state index < -0.39 is 28.5 Å². The van der Waals surface area contributed by atoms with Crippen molar-refractivity contribution < 1.29 is 22.7 Å². The second-order valence-corrected chi connectivity index (χ2v) is 13.0. The van der Waals surface area contributed by atoms with Crippen LogP contribution in [0.25, 0.3) is 0 Å². The zero-order valence-electron chi connectivity index (χ0n) is 25.4. The lowest BCUT2D eigenvalue weighted by atomic mass is 9.95. The number of carbonyl (C=O) groups excluding carboxylic acids is 2. The van der Waals surface area contributed by atoms with Crippen LogP contribution in [0.1, 0.15) is 57.1 Å². The van der Waals surface area contributed by atoms with Gasteiger partial charge in [0, 0.05) is 12.6 Å². The molecule has 0 bridgehead atoms. The molecule has 230 valence electrons. The second-order valence-electron chi connectivity index (χ2n) is 11.1. The number of benzene rings is 3. The number of rotatable bonds is 13. The van der Waals surface area contributed by atoms with Gasteiger partial charge in [0.2, 0.25) is 11.8 Å². The van der Waals surface area contributed by atoms with Crippen molar-refractivity contribution in [2.24, 2.45) is 0 Å². The van der Waals surface area contributed by atoms with Gasteiger partial charge in [-0.15, -0.1) is 0 Å². The maximum absolute atomic E-state index is 14.1. The molecule has 0 radical (unpaired) electrons. The van der Waals surface area contributed by atoms with Crippen LogP contribution in [-0.4, -0.2) is 56.9 Å². The Hall–Kier alpha value is -3.85. The van der Waals surface area contributed by atoms with E-state index in [1.165, 1.54) is 11.3 Å². The Bertz CT molecular complexity index is 1440. The number of sulfonamides is 1. The van der Waals surface area contributed by atoms with Crippen LogP contribution in [0.15, 0.2) is 83.8 Å². The number of carbonyl (C=O) groups is 2. The zero-order chi connectivity index (χ0) is 30.8. The smallest absolute Gasteiger partial charge is 0.264 e. The Morgan fingerprint density at radius 1 is 0.930 bits per heavy atom. The molecular formula is C34H43N3O5S. The van der Waals surface area contributed by atoms with Crippen LogP contribution in [0.3, 0.4) is 0 Å². The molecule has 0 spiro atoms. The first-order chi connectivity index (χ1) is 20.7. The molecule has 4 rings (SSSR count). The fourth-order valence-electron chi connectivity index (χ4n) is 5.38. The van der Waals surface area contributed by atoms with Gasteiger partial charge in [-0.3, -0.25) is 13.9 Å². The van der Waals surface area contributed by atoms with Gasteiger partial charge in [-0.1, -0.05) is 67.3 Å². The van der Waals surface area contributed by atoms with Crippen molar-refractivity contribution in [2.75, 3.05) is 24.0 Å². The highest BCUT2D eigenvalue weighted by atomic mass is 32.2. The number of amides is 2. The summed E-state index contributed by atoms with van der Waals surface area (Å²) in [6, 6.07) is 22.3. The van der Waals surface area contributed by atoms with E-state index in [2.05, 4.69) is 5.32 Å². The van der Waals surface area contributed by atoms with Crippen LogP contribution < -0.4 is 14.4 Å². The highest BCUT2D eigenvalue weighted by Gasteiger charge is 2.33. The predicted molar refractivity (Wildman–Crippen MR) is 170 cm³/mol. The van der Waals surface area contributed by atoms with Gasteiger partial charge in [-0.05, 0) is 82.0 Å². The largest absolute Gasteiger partial charge is 0.494 e. The first-order valence-electron chi connectivity index (χ1n) is 15.1. The zero-order valence-corrected chi connectivity index (χ0v) is 26.2. The van der Waals surface area contributed by atoms with Crippen molar-refractivity contribution in [2.45, 2.75) is 76.3 Å². The van der Waals surface area contributed by atoms with Gasteiger partial charge in [0.15, 0.2) is 0 Å². The van der Waals surface area contributed by atoms with Gasteiger partial charge in [0.05, 0.1) is 17.2 Å². The highest BCUT2D eigenvalue weighted by Crippen LogP contribution is 2.27. The molecule has 1 aliphatic carbocycles. The van der Waals surface area contributed by atoms with Gasteiger partial charge >= 0.3 is 0 Å². The summed E-state index contributed by atoms with van der Waals surface area (Å²) in [6.45, 7) is 5.76. The minimum absolute atomic E-state index is 0.0821. The normalized spacial score (nSPS) is 14.5. The molecule has 1 fully saturated rings. The van der Waals surface area contributed by atoms with Crippen molar-refractivity contribution in [3.63, 3.8) is 0 Å². The fraction of sp³-hybridized carbons (Fsp3) is 0.412. The molecule has 3 aromatic carbocycles. The Morgan fingerprint density at radius 3 is 2.21 bits per heavy atom. The van der Waals surface area contributed by atoms with Crippen LogP contribution in [-0.2, 0) is 26.0 Å². The van der Waals surface area contributed by atoms with Crippen LogP contribution in [0.4, 0.5) is 5.69 Å². The first-order valence-corrected chi connectivity index (χ1v) is 16.6. The molecule has 0 heterocycles. The summed E-state index contributed by atoms with van der Waals surface area (Å²) in [5.41, 5.74) is 2.28. The number of nitrogens with one attached hydrogen (secondary N) is 1. The Kier molecular flexibility index (Phi) is 11.2. The van der Waals surface area contributed by atoms with Gasteiger partial charge in [-0.2, -0.15) is 0 Å². The lowest BCUT2D eigenvalue weighted by molar-refractivity contribution is -0.139. The van der Waals surface area contributed by atoms with Crippen LogP contribution >= 0.6 is 0 Å². The summed E-state index contributed by atoms with van der Waals surface area (Å²) in [4.78, 5) is 29.1. The van der Waals surface area contributed by atoms with Gasteiger partial charge in [0.25, 0.3) is 10.0 Å². The third kappa shape index (κ3) is 8.60. The molecule has 0 aliphatic heterocycles. The summed E-state index contributed by atoms with van der Waals surface area (Å²) in [5.74, 6) is -0.0723. The molecule has 2 amide bonds. The summed E-state index contributed by atoms with van der Waals surface area (Å²) in [7, 11) is -4.12. The first kappa shape index (κ1) is 32.1. The van der Waals surface area contributed by atoms with Gasteiger partial charge < -0.3 is 15.0 Å². The van der Waals surface area contributed by atoms with Crippen LogP contribution in [0, 0.1) is 6.92 Å². The molecule has 0 saturated heterocycles. The summed E-state index contributed by atoms with van der Waals surface area (Å²) < 4.78 is 34.7. The maximum atomic E-state index is 14.1. The average molecular weight is 606 g/mol. The quantitative estimate of drug-likeness (QED) is 0.278. The van der Waals surface area contributed by atoms with Crippen LogP contribution in [0.2, 0.25) is 0 Å². The van der Waals surface area contributed by atoms with Crippen molar-refractivity contribution >= 4 is 27.5 Å². The summed E-state index contributed by atoms with van der Waals surface area (Å²) in [5, 5.41) is 3.14. The molecular weight excluding hydrogens is 562 g/mol. The molecule has 9 heteroatoms. The average Bonchev–Trinajstić information content (AvgIpc) is 3.01. The summed E-state index contributed by atoms with van der Waals surface area (Å²) >= 11 is 0. The molecule has 3 aromatic rings. The third-order valence-corrected chi connectivity index (χ3v) is 9.71. The van der Waals surface area contributed by atoms with Crippen molar-refractivity contribution in [1.82, 2.24) is 10.2 Å². The molecule has 0 aromatic heterocycles. The monoisotopic (exact) mass is 605 g/mol. The van der Waals surface area contributed by atoms with Gasteiger partial charge in [0.1, 0.15) is 18.3 Å². The summed E-state index contributed by atoms with van der Waals surface area (Å²) in [6.07, 6.45) is 5.70. The SMILES string of the molecule is CCOc1ccc(N(CC(=O)N(CCc2ccccc2)C(C)C(=O)NC2CCCCC2)S(=O)(=O)c2ccc(C)cc2)cc1. The van der Waals surface area contributed by atoms with Crippen LogP contribution in [0.5, 0.6) is 5.75 Å². The Morgan fingerprint density at radius 2 is 1.58 bits per heavy atom. The van der Waals surface area contributed by atoms with Crippen molar-refractivity contribution in [1.29, 1.82) is 0 Å². The van der Waals surface area contributed by atoms with Gasteiger partial charge in [-0.25, -0.2) is 8.42 Å². The number of hydrogen-bond donors (Lipinski definition) is 1. The molecule has 1 aliphatic rings. The standard InChI is InChI=1S/C34H43N3O5S/c1-4-42-31-19-17-30(18-20-31)37(43(40,41)32-21-15-26(2)16-22-32)25-33(38)36(24-23-28-11-7-5-8-12-28)27(3)34(39)35-29-13-9-6-10-14-29/h5,7-8,11-12,15-22,27,29H,4,6,9-10,13-14,23-25H2,1-3H3,(H,35,39). The minimum Gasteiger partial charge on any atom is -0.494 e. The molecule has 8 nitrogen and oxygen atoms in total. The topological polar surface area (TPSA) is 96.0 Å². The van der Waals surface area contributed by atoms with E-state index in [1.807, 2.05) is 44.2 Å². The Labute approximate surface area is 256 Å². The Balaban J connectivity index is 1.64. The second kappa shape index (κ2) is 15.0.